The number of hydrogen-bond donors (Lipinski definition) is 0. The third kappa shape index (κ3) is 0.506. The second-order valence-corrected chi connectivity index (χ2v) is 1.40. The Bertz CT molecular complexity index is 59.9. The first kappa shape index (κ1) is 3.65. The normalized spacial score (nSPS) is 21.0. The molecule has 0 radical (unpaired) electrons. The van der Waals surface area contributed by atoms with E-state index in [9.17, 15) is 0 Å². The van der Waals surface area contributed by atoms with Crippen LogP contribution in [-0.2, 0) is 0 Å². The molecule has 2 N–H and O–H groups in total. The van der Waals surface area contributed by atoms with E-state index in [1.807, 2.05) is 0 Å². The van der Waals surface area contributed by atoms with E-state index in [0.717, 1.165) is 19.4 Å². The highest BCUT2D eigenvalue weighted by Gasteiger charge is 2.22. The molecule has 2 heteroatoms. The van der Waals surface area contributed by atoms with E-state index in [-0.39, 0.29) is 0 Å². The lowest BCUT2D eigenvalue weighted by atomic mass is 10.4. The number of ether oxygens (including phenoxy) is 1. The molecule has 2 nitrogen and oxygen atoms in total. The highest BCUT2D eigenvalue weighted by atomic mass is 16.5. The predicted molar refractivity (Wildman–Crippen MR) is 23.3 cm³/mol. The van der Waals surface area contributed by atoms with Gasteiger partial charge in [0.2, 0.25) is 0 Å². The summed E-state index contributed by atoms with van der Waals surface area (Å²) in [5.74, 6) is 0.329. The first-order chi connectivity index (χ1) is 2.89. The molecule has 0 amide bonds. The minimum atomic E-state index is 0.329. The average Bonchev–Trinajstić information content (AvgIpc) is 1.86. The maximum atomic E-state index is 8.48. The summed E-state index contributed by atoms with van der Waals surface area (Å²) < 4.78 is 3.71. The van der Waals surface area contributed by atoms with Crippen LogP contribution in [0.3, 0.4) is 0 Å². The fourth-order valence-electron chi connectivity index (χ4n) is 0.524. The second kappa shape index (κ2) is 1.29. The van der Waals surface area contributed by atoms with Crippen LogP contribution in [0.2, 0.25) is 0 Å². The molecule has 0 aromatic heterocycles. The molecule has 0 aromatic carbocycles. The Morgan fingerprint density at radius 1 is 1.67 bits per heavy atom. The predicted octanol–water partition coefficient (Wildman–Crippen LogP) is -0.189. The summed E-state index contributed by atoms with van der Waals surface area (Å²) in [6.45, 7) is 0.825. The van der Waals surface area contributed by atoms with Gasteiger partial charge in [0.25, 0.3) is 0 Å². The maximum Gasteiger partial charge on any atom is 0.622 e. The van der Waals surface area contributed by atoms with Crippen LogP contribution < -0.4 is 0 Å². The van der Waals surface area contributed by atoms with Crippen molar-refractivity contribution in [1.82, 2.24) is 0 Å². The van der Waals surface area contributed by atoms with Gasteiger partial charge in [-0.05, 0) is 0 Å². The lowest BCUT2D eigenvalue weighted by Gasteiger charge is -1.74. The molecule has 0 bridgehead atoms. The first-order valence-corrected chi connectivity index (χ1v) is 2.12. The Hall–Kier alpha value is -0.530. The molecule has 1 saturated heterocycles. The van der Waals surface area contributed by atoms with Gasteiger partial charge in [-0.2, -0.15) is 0 Å². The molecule has 34 valence electrons. The van der Waals surface area contributed by atoms with E-state index < -0.39 is 0 Å². The molecule has 1 aliphatic heterocycles. The van der Waals surface area contributed by atoms with Gasteiger partial charge in [-0.3, -0.25) is 0 Å². The van der Waals surface area contributed by atoms with Crippen LogP contribution in [0.1, 0.15) is 12.8 Å². The van der Waals surface area contributed by atoms with E-state index in [4.69, 9.17) is 4.79 Å². The highest BCUT2D eigenvalue weighted by Crippen LogP contribution is 1.97. The van der Waals surface area contributed by atoms with Crippen LogP contribution in [0.15, 0.2) is 0 Å². The molecule has 1 heterocycles. The molecule has 1 fully saturated rings. The van der Waals surface area contributed by atoms with Crippen LogP contribution in [0.4, 0.5) is 0 Å². The molecular weight excluding hydrogens is 80.0 g/mol. The minimum absolute atomic E-state index is 0.329. The average molecular weight is 88.1 g/mol. The lowest BCUT2D eigenvalue weighted by Crippen LogP contribution is -1.96. The summed E-state index contributed by atoms with van der Waals surface area (Å²) in [6.07, 6.45) is 1.83. The van der Waals surface area contributed by atoms with Crippen LogP contribution in [0.25, 0.3) is 0 Å². The summed E-state index contributed by atoms with van der Waals surface area (Å²) in [5.41, 5.74) is 0. The molecule has 1 aliphatic rings. The van der Waals surface area contributed by atoms with Crippen LogP contribution in [0, 0.1) is 0 Å². The molecule has 0 spiro atoms. The Balaban J connectivity index is 2.37. The Labute approximate surface area is 36.1 Å². The van der Waals surface area contributed by atoms with Crippen molar-refractivity contribution in [3.8, 4) is 0 Å². The lowest BCUT2D eigenvalue weighted by molar-refractivity contribution is 0.129. The summed E-state index contributed by atoms with van der Waals surface area (Å²) >= 11 is 0. The molecule has 0 unspecified atom stereocenters. The van der Waals surface area contributed by atoms with Gasteiger partial charge >= 0.3 is 5.97 Å². The van der Waals surface area contributed by atoms with E-state index in [0.29, 0.717) is 5.97 Å². The topological polar surface area (TPSA) is 34.2 Å². The van der Waals surface area contributed by atoms with Crippen molar-refractivity contribution in [1.29, 1.82) is 0 Å². The van der Waals surface area contributed by atoms with Crippen molar-refractivity contribution in [3.05, 3.63) is 0 Å². The summed E-state index contributed by atoms with van der Waals surface area (Å²) in [5, 5.41) is 0. The van der Waals surface area contributed by atoms with Gasteiger partial charge in [0.05, 0.1) is 0 Å². The zero-order chi connectivity index (χ0) is 4.41. The van der Waals surface area contributed by atoms with Gasteiger partial charge in [0.1, 0.15) is 0 Å². The smallest absolute Gasteiger partial charge is 0.513 e. The van der Waals surface area contributed by atoms with Gasteiger partial charge in [0.15, 0.2) is 13.0 Å². The number of aliphatic carboxylic acids is 1. The van der Waals surface area contributed by atoms with Crippen molar-refractivity contribution >= 4 is 5.97 Å². The Morgan fingerprint density at radius 3 is 2.67 bits per heavy atom. The van der Waals surface area contributed by atoms with Gasteiger partial charge in [-0.1, -0.05) is 0 Å². The van der Waals surface area contributed by atoms with E-state index in [2.05, 4.69) is 4.74 Å². The zero-order valence-electron chi connectivity index (χ0n) is 3.52. The molecule has 0 aromatic rings. The van der Waals surface area contributed by atoms with E-state index >= 15 is 0 Å². The monoisotopic (exact) mass is 88.1 g/mol. The summed E-state index contributed by atoms with van der Waals surface area (Å²) in [4.78, 5) is 8.48. The number of carboxylic acids is 1. The van der Waals surface area contributed by atoms with Crippen LogP contribution in [-0.4, -0.2) is 22.1 Å². The number of cyclic esters (lactones) is 1. The van der Waals surface area contributed by atoms with Crippen LogP contribution >= 0.6 is 0 Å². The molecule has 6 heavy (non-hydrogen) atoms. The van der Waals surface area contributed by atoms with Gasteiger partial charge in [-0.15, -0.1) is 0 Å². The van der Waals surface area contributed by atoms with Crippen molar-refractivity contribution in [3.63, 3.8) is 0 Å². The van der Waals surface area contributed by atoms with E-state index in [1.165, 1.54) is 0 Å². The fourth-order valence-corrected chi connectivity index (χ4v) is 0.524. The molecule has 1 rings (SSSR count). The number of rotatable bonds is 0. The quantitative estimate of drug-likeness (QED) is 0.290. The third-order valence-corrected chi connectivity index (χ3v) is 0.853. The van der Waals surface area contributed by atoms with Gasteiger partial charge in [-0.25, -0.2) is 4.79 Å². The van der Waals surface area contributed by atoms with Crippen LogP contribution in [0.5, 0.6) is 0 Å². The van der Waals surface area contributed by atoms with E-state index in [1.54, 1.807) is 0 Å². The van der Waals surface area contributed by atoms with Gasteiger partial charge < -0.3 is 4.74 Å². The Morgan fingerprint density at radius 2 is 2.50 bits per heavy atom. The Kier molecular flexibility index (Phi) is 0.783. The third-order valence-electron chi connectivity index (χ3n) is 0.853. The van der Waals surface area contributed by atoms with Crippen molar-refractivity contribution in [2.75, 3.05) is 6.61 Å². The van der Waals surface area contributed by atoms with Crippen molar-refractivity contribution in [2.45, 2.75) is 12.8 Å². The second-order valence-electron chi connectivity index (χ2n) is 1.40. The number of hydrogen-bond acceptors (Lipinski definition) is 0. The molecule has 0 aliphatic carbocycles. The number of aliphatic hydroxyl groups is 1. The molecule has 0 saturated carbocycles. The maximum absolute atomic E-state index is 8.48. The minimum Gasteiger partial charge on any atom is -0.513 e. The van der Waals surface area contributed by atoms with Crippen molar-refractivity contribution in [2.24, 2.45) is 0 Å². The highest BCUT2D eigenvalue weighted by molar-refractivity contribution is 5.70. The molecule has 0 atom stereocenters. The fraction of sp³-hybridized carbons (Fsp3) is 0.750. The zero-order valence-corrected chi connectivity index (χ0v) is 3.52. The first-order valence-electron chi connectivity index (χ1n) is 2.12. The summed E-state index contributed by atoms with van der Waals surface area (Å²) in [7, 11) is 0. The van der Waals surface area contributed by atoms with Gasteiger partial charge in [0, 0.05) is 6.42 Å². The SMILES string of the molecule is [OH+]=C1CCC[OH+]1. The largest absolute Gasteiger partial charge is 0.622 e. The standard InChI is InChI=1S/C4H6O2/c5-4-2-1-3-6-4/h1-3H2/p+2. The molecular formula is C4H8O2+2. The van der Waals surface area contributed by atoms with Crippen molar-refractivity contribution < 1.29 is 9.53 Å². The summed E-state index contributed by atoms with van der Waals surface area (Å²) in [6, 6.07) is 0.